The molecule has 0 saturated carbocycles. The normalized spacial score (nSPS) is 11.7. The maximum atomic E-state index is 11.3. The second kappa shape index (κ2) is 9.47. The van der Waals surface area contributed by atoms with Crippen LogP contribution in [-0.2, 0) is 27.3 Å². The van der Waals surface area contributed by atoms with Gasteiger partial charge in [-0.3, -0.25) is 0 Å². The van der Waals surface area contributed by atoms with Gasteiger partial charge in [-0.1, -0.05) is 60.7 Å². The molecular formula is C19H21NO4. The highest BCUT2D eigenvalue weighted by Gasteiger charge is 2.19. The van der Waals surface area contributed by atoms with Crippen LogP contribution in [0.2, 0.25) is 0 Å². The summed E-state index contributed by atoms with van der Waals surface area (Å²) in [6, 6.07) is 19.7. The minimum absolute atomic E-state index is 0.404. The lowest BCUT2D eigenvalue weighted by Gasteiger charge is -2.17. The second-order valence-electron chi connectivity index (χ2n) is 5.47. The Morgan fingerprint density at radius 2 is 1.54 bits per heavy atom. The molecule has 24 heavy (non-hydrogen) atoms. The summed E-state index contributed by atoms with van der Waals surface area (Å²) in [4.78, 5) is 22.1. The minimum Gasteiger partial charge on any atom is -0.473 e. The molecule has 0 spiro atoms. The number of aliphatic carboxylic acids is 1. The first-order valence-corrected chi connectivity index (χ1v) is 7.87. The summed E-state index contributed by atoms with van der Waals surface area (Å²) in [6.07, 6.45) is 0.786. The van der Waals surface area contributed by atoms with Crippen LogP contribution >= 0.6 is 0 Å². The molecule has 1 atom stereocenters. The third kappa shape index (κ3) is 6.22. The SMILES string of the molecule is O=C(O)C(=O)OC(CCc1ccccc1)CNCc1ccccc1. The van der Waals surface area contributed by atoms with Crippen LogP contribution < -0.4 is 5.32 Å². The Morgan fingerprint density at radius 3 is 2.12 bits per heavy atom. The summed E-state index contributed by atoms with van der Waals surface area (Å²) in [5.74, 6) is -2.78. The number of ether oxygens (including phenoxy) is 1. The van der Waals surface area contributed by atoms with Crippen molar-refractivity contribution in [1.82, 2.24) is 5.32 Å². The van der Waals surface area contributed by atoms with Gasteiger partial charge < -0.3 is 15.2 Å². The number of hydrogen-bond donors (Lipinski definition) is 2. The van der Waals surface area contributed by atoms with E-state index in [1.54, 1.807) is 0 Å². The van der Waals surface area contributed by atoms with Crippen molar-refractivity contribution in [3.63, 3.8) is 0 Å². The molecule has 0 aliphatic rings. The topological polar surface area (TPSA) is 75.6 Å². The van der Waals surface area contributed by atoms with Gasteiger partial charge in [-0.15, -0.1) is 0 Å². The molecular weight excluding hydrogens is 306 g/mol. The van der Waals surface area contributed by atoms with Gasteiger partial charge in [0.05, 0.1) is 0 Å². The lowest BCUT2D eigenvalue weighted by molar-refractivity contribution is -0.167. The van der Waals surface area contributed by atoms with E-state index in [0.29, 0.717) is 25.9 Å². The van der Waals surface area contributed by atoms with Crippen LogP contribution in [0, 0.1) is 0 Å². The van der Waals surface area contributed by atoms with Crippen LogP contribution in [0.3, 0.4) is 0 Å². The van der Waals surface area contributed by atoms with Crippen molar-refractivity contribution in [3.05, 3.63) is 71.8 Å². The van der Waals surface area contributed by atoms with Gasteiger partial charge >= 0.3 is 11.9 Å². The van der Waals surface area contributed by atoms with Gasteiger partial charge in [0.15, 0.2) is 0 Å². The molecule has 0 saturated heterocycles. The highest BCUT2D eigenvalue weighted by atomic mass is 16.6. The molecule has 0 aliphatic heterocycles. The van der Waals surface area contributed by atoms with Crippen LogP contribution in [0.4, 0.5) is 0 Å². The Labute approximate surface area is 141 Å². The fraction of sp³-hybridized carbons (Fsp3) is 0.263. The predicted octanol–water partition coefficient (Wildman–Crippen LogP) is 2.41. The van der Waals surface area contributed by atoms with Crippen LogP contribution in [0.5, 0.6) is 0 Å². The van der Waals surface area contributed by atoms with E-state index in [0.717, 1.165) is 11.1 Å². The van der Waals surface area contributed by atoms with E-state index in [-0.39, 0.29) is 0 Å². The Kier molecular flexibility index (Phi) is 6.98. The summed E-state index contributed by atoms with van der Waals surface area (Å²) in [7, 11) is 0. The number of benzene rings is 2. The van der Waals surface area contributed by atoms with Crippen LogP contribution in [0.15, 0.2) is 60.7 Å². The average Bonchev–Trinajstić information content (AvgIpc) is 2.61. The summed E-state index contributed by atoms with van der Waals surface area (Å²) in [5, 5.41) is 11.9. The first-order chi connectivity index (χ1) is 11.6. The number of nitrogens with one attached hydrogen (secondary N) is 1. The molecule has 5 heteroatoms. The zero-order chi connectivity index (χ0) is 17.2. The van der Waals surface area contributed by atoms with E-state index in [9.17, 15) is 9.59 Å². The predicted molar refractivity (Wildman–Crippen MR) is 90.4 cm³/mol. The number of esters is 1. The van der Waals surface area contributed by atoms with Crippen molar-refractivity contribution in [2.45, 2.75) is 25.5 Å². The summed E-state index contributed by atoms with van der Waals surface area (Å²) in [6.45, 7) is 1.04. The number of aryl methyl sites for hydroxylation is 1. The van der Waals surface area contributed by atoms with Crippen molar-refractivity contribution in [1.29, 1.82) is 0 Å². The van der Waals surface area contributed by atoms with Crippen molar-refractivity contribution in [3.8, 4) is 0 Å². The van der Waals surface area contributed by atoms with Gasteiger partial charge in [-0.25, -0.2) is 9.59 Å². The van der Waals surface area contributed by atoms with Gasteiger partial charge in [0.1, 0.15) is 6.10 Å². The summed E-state index contributed by atoms with van der Waals surface area (Å²) in [5.41, 5.74) is 2.24. The van der Waals surface area contributed by atoms with Crippen molar-refractivity contribution >= 4 is 11.9 Å². The molecule has 2 rings (SSSR count). The molecule has 0 radical (unpaired) electrons. The van der Waals surface area contributed by atoms with Crippen LogP contribution in [0.25, 0.3) is 0 Å². The highest BCUT2D eigenvalue weighted by Crippen LogP contribution is 2.08. The van der Waals surface area contributed by atoms with Gasteiger partial charge in [0.25, 0.3) is 0 Å². The molecule has 126 valence electrons. The third-order valence-electron chi connectivity index (χ3n) is 3.59. The first-order valence-electron chi connectivity index (χ1n) is 7.87. The minimum atomic E-state index is -1.57. The summed E-state index contributed by atoms with van der Waals surface area (Å²) < 4.78 is 5.07. The highest BCUT2D eigenvalue weighted by molar-refractivity contribution is 6.28. The van der Waals surface area contributed by atoms with Gasteiger partial charge in [-0.05, 0) is 24.0 Å². The summed E-state index contributed by atoms with van der Waals surface area (Å²) >= 11 is 0. The second-order valence-corrected chi connectivity index (χ2v) is 5.47. The van der Waals surface area contributed by atoms with Crippen molar-refractivity contribution in [2.24, 2.45) is 0 Å². The molecule has 0 amide bonds. The largest absolute Gasteiger partial charge is 0.473 e. The molecule has 5 nitrogen and oxygen atoms in total. The van der Waals surface area contributed by atoms with E-state index in [1.807, 2.05) is 60.7 Å². The van der Waals surface area contributed by atoms with Crippen LogP contribution in [0.1, 0.15) is 17.5 Å². The molecule has 1 unspecified atom stereocenters. The molecule has 2 aromatic carbocycles. The number of carboxylic acids is 1. The van der Waals surface area contributed by atoms with Crippen molar-refractivity contribution < 1.29 is 19.4 Å². The maximum absolute atomic E-state index is 11.3. The van der Waals surface area contributed by atoms with E-state index < -0.39 is 18.0 Å². The Balaban J connectivity index is 1.86. The lowest BCUT2D eigenvalue weighted by Crippen LogP contribution is -2.33. The third-order valence-corrected chi connectivity index (χ3v) is 3.59. The first kappa shape index (κ1) is 17.7. The molecule has 2 N–H and O–H groups in total. The molecule has 0 heterocycles. The van der Waals surface area contributed by atoms with Crippen molar-refractivity contribution in [2.75, 3.05) is 6.54 Å². The zero-order valence-electron chi connectivity index (χ0n) is 13.4. The number of rotatable bonds is 8. The quantitative estimate of drug-likeness (QED) is 0.575. The van der Waals surface area contributed by atoms with E-state index in [2.05, 4.69) is 5.32 Å². The van der Waals surface area contributed by atoms with E-state index in [1.165, 1.54) is 0 Å². The number of carboxylic acid groups (broad SMARTS) is 1. The Bertz CT molecular complexity index is 643. The molecule has 0 aliphatic carbocycles. The monoisotopic (exact) mass is 327 g/mol. The average molecular weight is 327 g/mol. The lowest BCUT2D eigenvalue weighted by atomic mass is 10.1. The zero-order valence-corrected chi connectivity index (χ0v) is 13.4. The van der Waals surface area contributed by atoms with E-state index in [4.69, 9.17) is 9.84 Å². The number of carbonyl (C=O) groups excluding carboxylic acids is 1. The van der Waals surface area contributed by atoms with E-state index >= 15 is 0 Å². The van der Waals surface area contributed by atoms with Gasteiger partial charge in [0.2, 0.25) is 0 Å². The molecule has 0 bridgehead atoms. The molecule has 0 fully saturated rings. The number of hydrogen-bond acceptors (Lipinski definition) is 4. The Morgan fingerprint density at radius 1 is 0.958 bits per heavy atom. The fourth-order valence-electron chi connectivity index (χ4n) is 2.35. The Hall–Kier alpha value is -2.66. The fourth-order valence-corrected chi connectivity index (χ4v) is 2.35. The molecule has 2 aromatic rings. The van der Waals surface area contributed by atoms with Gasteiger partial charge in [-0.2, -0.15) is 0 Å². The smallest absolute Gasteiger partial charge is 0.417 e. The van der Waals surface area contributed by atoms with Crippen LogP contribution in [-0.4, -0.2) is 29.7 Å². The molecule has 0 aromatic heterocycles. The van der Waals surface area contributed by atoms with Gasteiger partial charge in [0, 0.05) is 13.1 Å². The number of carbonyl (C=O) groups is 2. The maximum Gasteiger partial charge on any atom is 0.417 e. The standard InChI is InChI=1S/C19H21NO4/c21-18(22)19(23)24-17(12-11-15-7-3-1-4-8-15)14-20-13-16-9-5-2-6-10-16/h1-10,17,20H,11-14H2,(H,21,22).